The van der Waals surface area contributed by atoms with Gasteiger partial charge >= 0.3 is 0 Å². The molecule has 90 valence electrons. The number of methoxy groups -OCH3 is 1. The maximum Gasteiger partial charge on any atom is 0.173 e. The third-order valence-corrected chi connectivity index (χ3v) is 2.46. The summed E-state index contributed by atoms with van der Waals surface area (Å²) in [5.74, 6) is 2.67. The number of benzene rings is 1. The smallest absolute Gasteiger partial charge is 0.173 e. The lowest BCUT2D eigenvalue weighted by atomic mass is 10.2. The molecule has 0 saturated carbocycles. The van der Waals surface area contributed by atoms with E-state index >= 15 is 0 Å². The number of aromatic amines is 1. The summed E-state index contributed by atoms with van der Waals surface area (Å²) in [5.41, 5.74) is 7.79. The number of anilines is 3. The Morgan fingerprint density at radius 1 is 1.35 bits per heavy atom. The highest BCUT2D eigenvalue weighted by Gasteiger charge is 2.08. The summed E-state index contributed by atoms with van der Waals surface area (Å²) in [5, 5.41) is 3.16. The molecule has 0 radical (unpaired) electrons. The molecule has 0 spiro atoms. The zero-order chi connectivity index (χ0) is 12.4. The molecule has 0 fully saturated rings. The van der Waals surface area contributed by atoms with E-state index in [0.717, 1.165) is 22.8 Å². The Balaban J connectivity index is 2.35. The molecular formula is C12H16N4O. The van der Waals surface area contributed by atoms with Crippen LogP contribution < -0.4 is 15.8 Å². The third kappa shape index (κ3) is 2.33. The number of rotatable bonds is 3. The summed E-state index contributed by atoms with van der Waals surface area (Å²) in [4.78, 5) is 7.21. The largest absolute Gasteiger partial charge is 0.495 e. The fourth-order valence-electron chi connectivity index (χ4n) is 1.65. The minimum Gasteiger partial charge on any atom is -0.495 e. The molecule has 0 atom stereocenters. The molecule has 0 amide bonds. The number of aromatic nitrogens is 2. The molecule has 1 aromatic heterocycles. The van der Waals surface area contributed by atoms with Gasteiger partial charge in [0.1, 0.15) is 17.4 Å². The topological polar surface area (TPSA) is 76.0 Å². The van der Waals surface area contributed by atoms with Gasteiger partial charge in [0.2, 0.25) is 0 Å². The molecule has 2 rings (SSSR count). The molecule has 0 unspecified atom stereocenters. The first-order valence-corrected chi connectivity index (χ1v) is 5.34. The number of nitrogens with one attached hydrogen (secondary N) is 2. The first-order valence-electron chi connectivity index (χ1n) is 5.34. The molecule has 0 saturated heterocycles. The van der Waals surface area contributed by atoms with Gasteiger partial charge in [0, 0.05) is 0 Å². The van der Waals surface area contributed by atoms with Crippen LogP contribution in [-0.2, 0) is 0 Å². The predicted molar refractivity (Wildman–Crippen MR) is 68.8 cm³/mol. The van der Waals surface area contributed by atoms with Gasteiger partial charge in [-0.2, -0.15) is 0 Å². The van der Waals surface area contributed by atoms with Crippen LogP contribution in [0.15, 0.2) is 18.2 Å². The van der Waals surface area contributed by atoms with Crippen molar-refractivity contribution < 1.29 is 4.74 Å². The number of nitrogen functional groups attached to an aromatic ring is 1. The van der Waals surface area contributed by atoms with Crippen LogP contribution in [0.25, 0.3) is 0 Å². The lowest BCUT2D eigenvalue weighted by Gasteiger charge is -2.10. The van der Waals surface area contributed by atoms with Crippen molar-refractivity contribution in [3.05, 3.63) is 29.6 Å². The number of aryl methyl sites for hydroxylation is 2. The van der Waals surface area contributed by atoms with E-state index in [4.69, 9.17) is 10.5 Å². The van der Waals surface area contributed by atoms with Crippen LogP contribution in [0.2, 0.25) is 0 Å². The maximum atomic E-state index is 5.80. The Kier molecular flexibility index (Phi) is 2.91. The molecule has 4 N–H and O–H groups in total. The molecule has 5 heteroatoms. The van der Waals surface area contributed by atoms with E-state index in [-0.39, 0.29) is 0 Å². The van der Waals surface area contributed by atoms with Gasteiger partial charge < -0.3 is 20.8 Å². The predicted octanol–water partition coefficient (Wildman–Crippen LogP) is 2.36. The summed E-state index contributed by atoms with van der Waals surface area (Å²) in [6.45, 7) is 3.87. The van der Waals surface area contributed by atoms with Crippen molar-refractivity contribution in [3.8, 4) is 5.75 Å². The Hall–Kier alpha value is -2.17. The van der Waals surface area contributed by atoms with E-state index in [1.807, 2.05) is 32.0 Å². The number of hydrogen-bond acceptors (Lipinski definition) is 4. The van der Waals surface area contributed by atoms with Crippen molar-refractivity contribution in [2.45, 2.75) is 13.8 Å². The van der Waals surface area contributed by atoms with E-state index in [1.54, 1.807) is 7.11 Å². The van der Waals surface area contributed by atoms with Gasteiger partial charge in [0.25, 0.3) is 0 Å². The average molecular weight is 232 g/mol. The van der Waals surface area contributed by atoms with Crippen LogP contribution in [0.5, 0.6) is 5.75 Å². The van der Waals surface area contributed by atoms with Crippen LogP contribution >= 0.6 is 0 Å². The molecule has 1 heterocycles. The fraction of sp³-hybridized carbons (Fsp3) is 0.250. The fourth-order valence-corrected chi connectivity index (χ4v) is 1.65. The second-order valence-corrected chi connectivity index (χ2v) is 3.91. The zero-order valence-corrected chi connectivity index (χ0v) is 10.2. The van der Waals surface area contributed by atoms with Crippen LogP contribution in [-0.4, -0.2) is 17.1 Å². The minimum atomic E-state index is 0.519. The lowest BCUT2D eigenvalue weighted by Crippen LogP contribution is -1.98. The standard InChI is InChI=1S/C12H16N4O/c1-7-4-5-10(17-3)9(6-7)16-12-11(13)14-8(2)15-12/h4-6,16H,13H2,1-3H3,(H,14,15). The highest BCUT2D eigenvalue weighted by atomic mass is 16.5. The van der Waals surface area contributed by atoms with Crippen LogP contribution in [0.4, 0.5) is 17.3 Å². The zero-order valence-electron chi connectivity index (χ0n) is 10.2. The molecule has 2 aromatic rings. The van der Waals surface area contributed by atoms with Crippen molar-refractivity contribution in [1.82, 2.24) is 9.97 Å². The quantitative estimate of drug-likeness (QED) is 0.759. The average Bonchev–Trinajstić information content (AvgIpc) is 2.58. The Labute approximate surface area is 100 Å². The molecule has 1 aromatic carbocycles. The Morgan fingerprint density at radius 2 is 2.12 bits per heavy atom. The molecule has 0 aliphatic heterocycles. The van der Waals surface area contributed by atoms with Crippen molar-refractivity contribution in [2.75, 3.05) is 18.2 Å². The van der Waals surface area contributed by atoms with Crippen molar-refractivity contribution in [1.29, 1.82) is 0 Å². The van der Waals surface area contributed by atoms with Crippen LogP contribution in [0.3, 0.4) is 0 Å². The van der Waals surface area contributed by atoms with Gasteiger partial charge in [-0.15, -0.1) is 0 Å². The van der Waals surface area contributed by atoms with Crippen molar-refractivity contribution in [3.63, 3.8) is 0 Å². The first kappa shape index (κ1) is 11.3. The molecule has 0 aliphatic carbocycles. The SMILES string of the molecule is COc1ccc(C)cc1Nc1nc(C)[nH]c1N. The van der Waals surface area contributed by atoms with E-state index in [1.165, 1.54) is 0 Å². The first-order chi connectivity index (χ1) is 8.10. The highest BCUT2D eigenvalue weighted by Crippen LogP contribution is 2.29. The molecule has 17 heavy (non-hydrogen) atoms. The summed E-state index contributed by atoms with van der Waals surface area (Å²) in [7, 11) is 1.63. The third-order valence-electron chi connectivity index (χ3n) is 2.46. The van der Waals surface area contributed by atoms with Gasteiger partial charge in [0.15, 0.2) is 5.82 Å². The molecular weight excluding hydrogens is 216 g/mol. The second kappa shape index (κ2) is 4.37. The number of hydrogen-bond donors (Lipinski definition) is 3. The number of imidazole rings is 1. The van der Waals surface area contributed by atoms with Gasteiger partial charge in [-0.3, -0.25) is 0 Å². The number of nitrogens with two attached hydrogens (primary N) is 1. The lowest BCUT2D eigenvalue weighted by molar-refractivity contribution is 0.416. The van der Waals surface area contributed by atoms with Crippen molar-refractivity contribution in [2.24, 2.45) is 0 Å². The highest BCUT2D eigenvalue weighted by molar-refractivity contribution is 5.71. The van der Waals surface area contributed by atoms with E-state index in [9.17, 15) is 0 Å². The normalized spacial score (nSPS) is 10.3. The number of H-pyrrole nitrogens is 1. The Bertz CT molecular complexity index is 533. The summed E-state index contributed by atoms with van der Waals surface area (Å²) >= 11 is 0. The molecule has 0 bridgehead atoms. The molecule has 5 nitrogen and oxygen atoms in total. The second-order valence-electron chi connectivity index (χ2n) is 3.91. The van der Waals surface area contributed by atoms with Crippen LogP contribution in [0, 0.1) is 13.8 Å². The Morgan fingerprint density at radius 3 is 2.71 bits per heavy atom. The maximum absolute atomic E-state index is 5.80. The van der Waals surface area contributed by atoms with Gasteiger partial charge in [-0.25, -0.2) is 4.98 Å². The van der Waals surface area contributed by atoms with Gasteiger partial charge in [0.05, 0.1) is 12.8 Å². The van der Waals surface area contributed by atoms with E-state index < -0.39 is 0 Å². The van der Waals surface area contributed by atoms with E-state index in [0.29, 0.717) is 11.6 Å². The summed E-state index contributed by atoms with van der Waals surface area (Å²) in [6.07, 6.45) is 0. The van der Waals surface area contributed by atoms with Crippen LogP contribution in [0.1, 0.15) is 11.4 Å². The molecule has 0 aliphatic rings. The monoisotopic (exact) mass is 232 g/mol. The minimum absolute atomic E-state index is 0.519. The van der Waals surface area contributed by atoms with E-state index in [2.05, 4.69) is 15.3 Å². The van der Waals surface area contributed by atoms with Gasteiger partial charge in [-0.1, -0.05) is 6.07 Å². The summed E-state index contributed by atoms with van der Waals surface area (Å²) in [6, 6.07) is 5.89. The number of ether oxygens (including phenoxy) is 1. The number of nitrogens with zero attached hydrogens (tertiary/aromatic N) is 1. The summed E-state index contributed by atoms with van der Waals surface area (Å²) < 4.78 is 5.28. The van der Waals surface area contributed by atoms with Gasteiger partial charge in [-0.05, 0) is 31.5 Å². The van der Waals surface area contributed by atoms with Crippen molar-refractivity contribution >= 4 is 17.3 Å².